The number of aromatic nitrogens is 1. The Kier molecular flexibility index (Phi) is 6.67. The van der Waals surface area contributed by atoms with Crippen molar-refractivity contribution < 1.29 is 9.47 Å². The summed E-state index contributed by atoms with van der Waals surface area (Å²) < 4.78 is 16.5. The van der Waals surface area contributed by atoms with Gasteiger partial charge in [0.05, 0.1) is 28.1 Å². The molecule has 1 saturated heterocycles. The first-order valence-electron chi connectivity index (χ1n) is 11.1. The Morgan fingerprint density at radius 1 is 1.15 bits per heavy atom. The number of benzene rings is 2. The van der Waals surface area contributed by atoms with Crippen LogP contribution in [0.5, 0.6) is 11.5 Å². The quantitative estimate of drug-likeness (QED) is 0.287. The molecule has 2 aliphatic rings. The van der Waals surface area contributed by atoms with Gasteiger partial charge >= 0.3 is 0 Å². The number of fused-ring (bicyclic) bond motifs is 2. The van der Waals surface area contributed by atoms with E-state index >= 15 is 0 Å². The summed E-state index contributed by atoms with van der Waals surface area (Å²) in [5.74, 6) is 3.12. The van der Waals surface area contributed by atoms with E-state index in [1.807, 2.05) is 34.8 Å². The minimum Gasteiger partial charge on any atom is -0.490 e. The fourth-order valence-electron chi connectivity index (χ4n) is 5.15. The molecule has 1 saturated carbocycles. The Bertz CT molecular complexity index is 1190. The standard InChI is InChI=1S/C25H25Cl2N3O2S/c1-33-29-14-18-10-22(11-19(18)15-29)32-21-2-3-24-16(9-21)4-6-30(24)20-8-17(13-28)25(23(27)12-20)31-7-5-26/h2-4,6,8-9,12,18-19,22H,5,7,10-11,14-15H2,1H3. The van der Waals surface area contributed by atoms with Gasteiger partial charge in [-0.25, -0.2) is 0 Å². The highest BCUT2D eigenvalue weighted by molar-refractivity contribution is 7.96. The summed E-state index contributed by atoms with van der Waals surface area (Å²) in [6, 6.07) is 14.0. The van der Waals surface area contributed by atoms with Crippen LogP contribution in [0.3, 0.4) is 0 Å². The summed E-state index contributed by atoms with van der Waals surface area (Å²) in [5, 5.41) is 11.1. The van der Waals surface area contributed by atoms with Gasteiger partial charge in [0.25, 0.3) is 0 Å². The average Bonchev–Trinajstić information content (AvgIpc) is 3.50. The molecular formula is C25H25Cl2N3O2S. The van der Waals surface area contributed by atoms with E-state index in [-0.39, 0.29) is 0 Å². The predicted octanol–water partition coefficient (Wildman–Crippen LogP) is 6.14. The molecule has 8 heteroatoms. The van der Waals surface area contributed by atoms with Crippen LogP contribution in [-0.4, -0.2) is 46.8 Å². The normalized spacial score (nSPS) is 22.4. The van der Waals surface area contributed by atoms with Gasteiger partial charge < -0.3 is 14.0 Å². The molecule has 5 rings (SSSR count). The van der Waals surface area contributed by atoms with Crippen molar-refractivity contribution in [3.8, 4) is 23.3 Å². The van der Waals surface area contributed by atoms with Crippen LogP contribution >= 0.6 is 35.1 Å². The van der Waals surface area contributed by atoms with Crippen LogP contribution in [-0.2, 0) is 0 Å². The highest BCUT2D eigenvalue weighted by Crippen LogP contribution is 2.41. The number of halogens is 2. The molecule has 2 heterocycles. The molecule has 2 fully saturated rings. The molecule has 3 aromatic rings. The van der Waals surface area contributed by atoms with Gasteiger partial charge in [-0.05, 0) is 67.3 Å². The second-order valence-electron chi connectivity index (χ2n) is 8.62. The summed E-state index contributed by atoms with van der Waals surface area (Å²) in [5.41, 5.74) is 2.22. The lowest BCUT2D eigenvalue weighted by atomic mass is 10.0. The summed E-state index contributed by atoms with van der Waals surface area (Å²) >= 11 is 14.0. The SMILES string of the molecule is CSN1CC2CC(Oc3ccc4c(ccn4-c4cc(Cl)c(OCCCl)c(C#N)c4)c3)CC2C1. The highest BCUT2D eigenvalue weighted by atomic mass is 35.5. The van der Waals surface area contributed by atoms with E-state index in [1.165, 1.54) is 13.1 Å². The number of ether oxygens (including phenoxy) is 2. The Morgan fingerprint density at radius 2 is 1.94 bits per heavy atom. The number of hydrogen-bond donors (Lipinski definition) is 0. The van der Waals surface area contributed by atoms with Crippen molar-refractivity contribution in [3.63, 3.8) is 0 Å². The molecule has 1 aliphatic heterocycles. The first kappa shape index (κ1) is 22.7. The van der Waals surface area contributed by atoms with Crippen molar-refractivity contribution >= 4 is 46.1 Å². The first-order valence-corrected chi connectivity index (χ1v) is 13.2. The number of alkyl halides is 1. The second kappa shape index (κ2) is 9.68. The van der Waals surface area contributed by atoms with Crippen molar-refractivity contribution in [2.45, 2.75) is 18.9 Å². The predicted molar refractivity (Wildman–Crippen MR) is 135 cm³/mol. The summed E-state index contributed by atoms with van der Waals surface area (Å²) in [6.07, 6.45) is 6.70. The molecule has 2 atom stereocenters. The van der Waals surface area contributed by atoms with Crippen molar-refractivity contribution in [2.75, 3.05) is 31.8 Å². The molecule has 1 aliphatic carbocycles. The number of hydrogen-bond acceptors (Lipinski definition) is 5. The van der Waals surface area contributed by atoms with Crippen LogP contribution in [0.2, 0.25) is 5.02 Å². The fraction of sp³-hybridized carbons (Fsp3) is 0.400. The van der Waals surface area contributed by atoms with Gasteiger partial charge in [-0.3, -0.25) is 4.31 Å². The smallest absolute Gasteiger partial charge is 0.155 e. The fourth-order valence-corrected chi connectivity index (χ4v) is 6.17. The van der Waals surface area contributed by atoms with Gasteiger partial charge in [-0.1, -0.05) is 23.5 Å². The molecule has 33 heavy (non-hydrogen) atoms. The molecule has 0 N–H and O–H groups in total. The molecule has 172 valence electrons. The van der Waals surface area contributed by atoms with Gasteiger partial charge in [0.1, 0.15) is 18.4 Å². The van der Waals surface area contributed by atoms with Crippen LogP contribution in [0.4, 0.5) is 0 Å². The number of rotatable bonds is 7. The molecule has 0 amide bonds. The van der Waals surface area contributed by atoms with Crippen LogP contribution in [0.25, 0.3) is 16.6 Å². The van der Waals surface area contributed by atoms with Gasteiger partial charge in [0.2, 0.25) is 0 Å². The molecule has 1 aromatic heterocycles. The Balaban J connectivity index is 1.35. The molecule has 0 radical (unpaired) electrons. The minimum atomic E-state index is 0.293. The van der Waals surface area contributed by atoms with Crippen molar-refractivity contribution in [3.05, 3.63) is 53.2 Å². The van der Waals surface area contributed by atoms with E-state index < -0.39 is 0 Å². The lowest BCUT2D eigenvalue weighted by molar-refractivity contribution is 0.196. The van der Waals surface area contributed by atoms with Gasteiger partial charge in [0, 0.05) is 30.4 Å². The van der Waals surface area contributed by atoms with Crippen LogP contribution in [0.15, 0.2) is 42.6 Å². The maximum atomic E-state index is 9.59. The van der Waals surface area contributed by atoms with Crippen molar-refractivity contribution in [1.82, 2.24) is 8.87 Å². The largest absolute Gasteiger partial charge is 0.490 e. The zero-order valence-electron chi connectivity index (χ0n) is 18.3. The van der Waals surface area contributed by atoms with Gasteiger partial charge in [-0.2, -0.15) is 5.26 Å². The lowest BCUT2D eigenvalue weighted by Gasteiger charge is -2.18. The summed E-state index contributed by atoms with van der Waals surface area (Å²) in [6.45, 7) is 2.65. The molecule has 0 bridgehead atoms. The maximum absolute atomic E-state index is 9.59. The van der Waals surface area contributed by atoms with Crippen molar-refractivity contribution in [1.29, 1.82) is 5.26 Å². The zero-order chi connectivity index (χ0) is 22.9. The zero-order valence-corrected chi connectivity index (χ0v) is 20.7. The van der Waals surface area contributed by atoms with Crippen LogP contribution < -0.4 is 9.47 Å². The van der Waals surface area contributed by atoms with Crippen LogP contribution in [0.1, 0.15) is 18.4 Å². The van der Waals surface area contributed by atoms with Gasteiger partial charge in [-0.15, -0.1) is 11.6 Å². The molecule has 2 aromatic carbocycles. The van der Waals surface area contributed by atoms with E-state index in [9.17, 15) is 5.26 Å². The van der Waals surface area contributed by atoms with E-state index in [2.05, 4.69) is 34.8 Å². The third-order valence-corrected chi connectivity index (χ3v) is 7.90. The lowest BCUT2D eigenvalue weighted by Crippen LogP contribution is -2.19. The monoisotopic (exact) mass is 501 g/mol. The number of nitriles is 1. The number of nitrogens with zero attached hydrogens (tertiary/aromatic N) is 3. The minimum absolute atomic E-state index is 0.293. The summed E-state index contributed by atoms with van der Waals surface area (Å²) in [7, 11) is 0. The second-order valence-corrected chi connectivity index (χ2v) is 10.3. The molecule has 5 nitrogen and oxygen atoms in total. The topological polar surface area (TPSA) is 50.4 Å². The van der Waals surface area contributed by atoms with Crippen molar-refractivity contribution in [2.24, 2.45) is 11.8 Å². The molecular weight excluding hydrogens is 477 g/mol. The van der Waals surface area contributed by atoms with E-state index in [0.29, 0.717) is 34.9 Å². The van der Waals surface area contributed by atoms with Gasteiger partial charge in [0.15, 0.2) is 5.75 Å². The summed E-state index contributed by atoms with van der Waals surface area (Å²) in [4.78, 5) is 0. The third kappa shape index (κ3) is 4.52. The molecule has 2 unspecified atom stereocenters. The highest BCUT2D eigenvalue weighted by Gasteiger charge is 2.41. The van der Waals surface area contributed by atoms with E-state index in [4.69, 9.17) is 32.7 Å². The third-order valence-electron chi connectivity index (χ3n) is 6.65. The first-order chi connectivity index (χ1) is 16.1. The van der Waals surface area contributed by atoms with E-state index in [0.717, 1.165) is 47.0 Å². The Labute approximate surface area is 208 Å². The average molecular weight is 502 g/mol. The Morgan fingerprint density at radius 3 is 2.64 bits per heavy atom. The van der Waals surface area contributed by atoms with E-state index in [1.54, 1.807) is 6.07 Å². The molecule has 0 spiro atoms. The van der Waals surface area contributed by atoms with Crippen LogP contribution in [0, 0.1) is 23.2 Å². The maximum Gasteiger partial charge on any atom is 0.155 e. The Hall–Kier alpha value is -2.04.